The Bertz CT molecular complexity index is 786. The predicted octanol–water partition coefficient (Wildman–Crippen LogP) is 3.81. The quantitative estimate of drug-likeness (QED) is 0.783. The number of piperidine rings is 1. The second-order valence-corrected chi connectivity index (χ2v) is 7.49. The molecule has 0 unspecified atom stereocenters. The number of likely N-dealkylation sites (tertiary alicyclic amines) is 1. The molecule has 1 aliphatic rings. The van der Waals surface area contributed by atoms with Gasteiger partial charge >= 0.3 is 0 Å². The normalized spacial score (nSPS) is 16.8. The number of hydrogen-bond acceptors (Lipinski definition) is 3. The van der Waals surface area contributed by atoms with E-state index in [1.165, 1.54) is 5.56 Å². The Hall–Kier alpha value is -2.62. The Kier molecular flexibility index (Phi) is 6.28. The zero-order valence-electron chi connectivity index (χ0n) is 16.2. The van der Waals surface area contributed by atoms with Crippen molar-refractivity contribution in [2.75, 3.05) is 32.1 Å². The molecule has 4 nitrogen and oxygen atoms in total. The van der Waals surface area contributed by atoms with E-state index in [1.54, 1.807) is 0 Å². The van der Waals surface area contributed by atoms with Crippen molar-refractivity contribution in [3.8, 4) is 0 Å². The first kappa shape index (κ1) is 19.2. The van der Waals surface area contributed by atoms with Crippen molar-refractivity contribution < 1.29 is 9.59 Å². The van der Waals surface area contributed by atoms with Crippen LogP contribution >= 0.6 is 0 Å². The molecule has 1 heterocycles. The molecule has 1 aliphatic heterocycles. The van der Waals surface area contributed by atoms with Crippen LogP contribution < -0.4 is 4.90 Å². The Morgan fingerprint density at radius 3 is 2.59 bits per heavy atom. The smallest absolute Gasteiger partial charge is 0.253 e. The van der Waals surface area contributed by atoms with Gasteiger partial charge in [-0.15, -0.1) is 0 Å². The second kappa shape index (κ2) is 8.85. The van der Waals surface area contributed by atoms with E-state index < -0.39 is 0 Å². The third kappa shape index (κ3) is 4.97. The van der Waals surface area contributed by atoms with E-state index in [0.717, 1.165) is 31.5 Å². The third-order valence-electron chi connectivity index (χ3n) is 5.28. The lowest BCUT2D eigenvalue weighted by Crippen LogP contribution is -2.42. The molecule has 0 aliphatic carbocycles. The highest BCUT2D eigenvalue weighted by Gasteiger charge is 2.28. The van der Waals surface area contributed by atoms with Gasteiger partial charge in [0.05, 0.1) is 0 Å². The fourth-order valence-corrected chi connectivity index (χ4v) is 3.64. The average Bonchev–Trinajstić information content (AvgIpc) is 2.72. The topological polar surface area (TPSA) is 40.6 Å². The van der Waals surface area contributed by atoms with Crippen LogP contribution in [0, 0.1) is 5.92 Å². The molecule has 142 valence electrons. The van der Waals surface area contributed by atoms with Crippen LogP contribution in [-0.4, -0.2) is 43.8 Å². The van der Waals surface area contributed by atoms with E-state index in [9.17, 15) is 9.59 Å². The zero-order valence-corrected chi connectivity index (χ0v) is 16.2. The zero-order chi connectivity index (χ0) is 19.2. The van der Waals surface area contributed by atoms with Gasteiger partial charge in [-0.2, -0.15) is 0 Å². The van der Waals surface area contributed by atoms with Crippen LogP contribution in [0.2, 0.25) is 0 Å². The largest absolute Gasteiger partial charge is 0.378 e. The molecule has 1 amide bonds. The summed E-state index contributed by atoms with van der Waals surface area (Å²) in [6, 6.07) is 17.8. The number of ketones is 1. The maximum Gasteiger partial charge on any atom is 0.253 e. The van der Waals surface area contributed by atoms with Crippen molar-refractivity contribution in [1.82, 2.24) is 4.90 Å². The summed E-state index contributed by atoms with van der Waals surface area (Å²) in [6.07, 6.45) is 3.10. The number of Topliss-reactive ketones (excluding diaryl/α,β-unsaturated/α-hetero) is 1. The summed E-state index contributed by atoms with van der Waals surface area (Å²) in [7, 11) is 3.93. The molecule has 0 radical (unpaired) electrons. The minimum absolute atomic E-state index is 0.0271. The van der Waals surface area contributed by atoms with Gasteiger partial charge in [-0.1, -0.05) is 36.4 Å². The van der Waals surface area contributed by atoms with E-state index in [0.29, 0.717) is 18.5 Å². The highest BCUT2D eigenvalue weighted by molar-refractivity contribution is 5.95. The van der Waals surface area contributed by atoms with E-state index in [4.69, 9.17) is 0 Å². The first-order chi connectivity index (χ1) is 13.0. The molecule has 1 atom stereocenters. The summed E-state index contributed by atoms with van der Waals surface area (Å²) in [5, 5.41) is 0. The van der Waals surface area contributed by atoms with Gasteiger partial charge < -0.3 is 9.80 Å². The fraction of sp³-hybridized carbons (Fsp3) is 0.391. The van der Waals surface area contributed by atoms with E-state index in [2.05, 4.69) is 12.1 Å². The summed E-state index contributed by atoms with van der Waals surface area (Å²) in [4.78, 5) is 29.4. The first-order valence-corrected chi connectivity index (χ1v) is 9.68. The minimum Gasteiger partial charge on any atom is -0.378 e. The Morgan fingerprint density at radius 1 is 1.07 bits per heavy atom. The molecule has 0 N–H and O–H groups in total. The number of nitrogens with zero attached hydrogens (tertiary/aromatic N) is 2. The van der Waals surface area contributed by atoms with Crippen LogP contribution in [0.1, 0.15) is 35.2 Å². The number of amides is 1. The summed E-state index contributed by atoms with van der Waals surface area (Å²) in [6.45, 7) is 1.27. The van der Waals surface area contributed by atoms with Crippen LogP contribution in [0.15, 0.2) is 54.6 Å². The number of anilines is 1. The number of carbonyl (C=O) groups is 2. The SMILES string of the molecule is CN(C)c1cccc(C(=O)N2CCC[C@@H](C(=O)CCc3ccccc3)C2)c1. The molecular weight excluding hydrogens is 336 g/mol. The third-order valence-corrected chi connectivity index (χ3v) is 5.28. The van der Waals surface area contributed by atoms with Crippen molar-refractivity contribution in [3.05, 3.63) is 65.7 Å². The lowest BCUT2D eigenvalue weighted by Gasteiger charge is -2.32. The molecular formula is C23H28N2O2. The van der Waals surface area contributed by atoms with Crippen molar-refractivity contribution >= 4 is 17.4 Å². The van der Waals surface area contributed by atoms with Gasteiger partial charge in [-0.3, -0.25) is 9.59 Å². The van der Waals surface area contributed by atoms with Gasteiger partial charge in [0, 0.05) is 50.8 Å². The Labute approximate surface area is 161 Å². The van der Waals surface area contributed by atoms with Gasteiger partial charge in [-0.25, -0.2) is 0 Å². The molecule has 2 aromatic carbocycles. The maximum atomic E-state index is 12.9. The van der Waals surface area contributed by atoms with Crippen LogP contribution in [0.4, 0.5) is 5.69 Å². The van der Waals surface area contributed by atoms with Gasteiger partial charge in [-0.05, 0) is 43.0 Å². The number of aryl methyl sites for hydroxylation is 1. The number of benzene rings is 2. The molecule has 0 aromatic heterocycles. The number of carbonyl (C=O) groups excluding carboxylic acids is 2. The highest BCUT2D eigenvalue weighted by Crippen LogP contribution is 2.22. The number of hydrogen-bond donors (Lipinski definition) is 0. The fourth-order valence-electron chi connectivity index (χ4n) is 3.64. The van der Waals surface area contributed by atoms with Gasteiger partial charge in [0.15, 0.2) is 0 Å². The van der Waals surface area contributed by atoms with Crippen molar-refractivity contribution in [3.63, 3.8) is 0 Å². The minimum atomic E-state index is -0.0385. The average molecular weight is 364 g/mol. The first-order valence-electron chi connectivity index (χ1n) is 9.68. The van der Waals surface area contributed by atoms with Crippen LogP contribution in [0.25, 0.3) is 0 Å². The van der Waals surface area contributed by atoms with Crippen molar-refractivity contribution in [2.24, 2.45) is 5.92 Å². The number of rotatable bonds is 6. The molecule has 2 aromatic rings. The summed E-state index contributed by atoms with van der Waals surface area (Å²) in [5.41, 5.74) is 2.89. The van der Waals surface area contributed by atoms with Crippen molar-refractivity contribution in [1.29, 1.82) is 0 Å². The standard InChI is InChI=1S/C23H28N2O2/c1-24(2)21-12-6-10-19(16-21)23(27)25-15-7-11-20(17-25)22(26)14-13-18-8-4-3-5-9-18/h3-6,8-10,12,16,20H,7,11,13-15,17H2,1-2H3/t20-/m1/s1. The lowest BCUT2D eigenvalue weighted by molar-refractivity contribution is -0.124. The Morgan fingerprint density at radius 2 is 1.85 bits per heavy atom. The van der Waals surface area contributed by atoms with E-state index in [1.807, 2.05) is 66.4 Å². The molecule has 4 heteroatoms. The van der Waals surface area contributed by atoms with Crippen LogP contribution in [0.5, 0.6) is 0 Å². The second-order valence-electron chi connectivity index (χ2n) is 7.49. The summed E-state index contributed by atoms with van der Waals surface area (Å²) < 4.78 is 0. The lowest BCUT2D eigenvalue weighted by atomic mass is 9.90. The maximum absolute atomic E-state index is 12.9. The predicted molar refractivity (Wildman–Crippen MR) is 109 cm³/mol. The van der Waals surface area contributed by atoms with E-state index in [-0.39, 0.29) is 17.6 Å². The van der Waals surface area contributed by atoms with E-state index >= 15 is 0 Å². The molecule has 0 bridgehead atoms. The molecule has 1 saturated heterocycles. The van der Waals surface area contributed by atoms with Crippen LogP contribution in [0.3, 0.4) is 0 Å². The van der Waals surface area contributed by atoms with Gasteiger partial charge in [0.25, 0.3) is 5.91 Å². The monoisotopic (exact) mass is 364 g/mol. The summed E-state index contributed by atoms with van der Waals surface area (Å²) >= 11 is 0. The molecule has 1 fully saturated rings. The Balaban J connectivity index is 1.60. The highest BCUT2D eigenvalue weighted by atomic mass is 16.2. The van der Waals surface area contributed by atoms with Crippen LogP contribution in [-0.2, 0) is 11.2 Å². The molecule has 27 heavy (non-hydrogen) atoms. The molecule has 0 spiro atoms. The molecule has 3 rings (SSSR count). The van der Waals surface area contributed by atoms with Gasteiger partial charge in [0.2, 0.25) is 0 Å². The van der Waals surface area contributed by atoms with Crippen molar-refractivity contribution in [2.45, 2.75) is 25.7 Å². The van der Waals surface area contributed by atoms with Gasteiger partial charge in [0.1, 0.15) is 5.78 Å². The molecule has 0 saturated carbocycles. The summed E-state index contributed by atoms with van der Waals surface area (Å²) in [5.74, 6) is 0.265.